The van der Waals surface area contributed by atoms with E-state index in [0.29, 0.717) is 32.0 Å². The average Bonchev–Trinajstić information content (AvgIpc) is 2.54. The van der Waals surface area contributed by atoms with Crippen LogP contribution in [0.2, 0.25) is 0 Å². The lowest BCUT2D eigenvalue weighted by Crippen LogP contribution is -2.14. The largest absolute Gasteiger partial charge is 0.394 e. The number of ether oxygens (including phenoxy) is 1. The molecule has 80 valence electrons. The number of nitrogens with zero attached hydrogens (tertiary/aromatic N) is 2. The number of rotatable bonds is 6. The van der Waals surface area contributed by atoms with Gasteiger partial charge in [0.15, 0.2) is 0 Å². The molecule has 0 aliphatic carbocycles. The van der Waals surface area contributed by atoms with E-state index in [4.69, 9.17) is 16.2 Å². The van der Waals surface area contributed by atoms with E-state index in [2.05, 4.69) is 10.4 Å². The lowest BCUT2D eigenvalue weighted by molar-refractivity contribution is 0.131. The predicted octanol–water partition coefficient (Wildman–Crippen LogP) is -0.518. The number of hydrogen-bond acceptors (Lipinski definition) is 5. The lowest BCUT2D eigenvalue weighted by atomic mass is 10.5. The van der Waals surface area contributed by atoms with Gasteiger partial charge in [-0.1, -0.05) is 0 Å². The van der Waals surface area contributed by atoms with Gasteiger partial charge in [0, 0.05) is 13.6 Å². The normalized spacial score (nSPS) is 10.4. The molecule has 14 heavy (non-hydrogen) atoms. The molecule has 0 saturated carbocycles. The predicted molar refractivity (Wildman–Crippen MR) is 56.1 cm³/mol. The fraction of sp³-hybridized carbons (Fsp3) is 0.625. The van der Waals surface area contributed by atoms with Crippen molar-refractivity contribution in [1.82, 2.24) is 9.78 Å². The van der Waals surface area contributed by atoms with Crippen LogP contribution >= 0.6 is 0 Å². The molecule has 0 amide bonds. The van der Waals surface area contributed by atoms with Crippen molar-refractivity contribution in [1.29, 1.82) is 0 Å². The second kappa shape index (κ2) is 5.46. The van der Waals surface area contributed by atoms with Gasteiger partial charge < -0.3 is 21.5 Å². The van der Waals surface area contributed by atoms with Crippen LogP contribution in [-0.2, 0) is 11.3 Å². The molecule has 1 rings (SSSR count). The van der Waals surface area contributed by atoms with Gasteiger partial charge in [0.25, 0.3) is 0 Å². The zero-order chi connectivity index (χ0) is 10.4. The molecule has 0 aliphatic heterocycles. The smallest absolute Gasteiger partial charge is 0.147 e. The topological polar surface area (TPSA) is 91.1 Å². The Labute approximate surface area is 83.2 Å². The highest BCUT2D eigenvalue weighted by Crippen LogP contribution is 2.15. The van der Waals surface area contributed by atoms with Crippen molar-refractivity contribution in [2.75, 3.05) is 37.9 Å². The minimum atomic E-state index is 0.542. The summed E-state index contributed by atoms with van der Waals surface area (Å²) >= 11 is 0. The van der Waals surface area contributed by atoms with Crippen LogP contribution in [0, 0.1) is 0 Å². The molecule has 0 atom stereocenters. The second-order valence-electron chi connectivity index (χ2n) is 2.82. The van der Waals surface area contributed by atoms with Crippen molar-refractivity contribution in [3.63, 3.8) is 0 Å². The summed E-state index contributed by atoms with van der Waals surface area (Å²) in [5, 5.41) is 7.08. The highest BCUT2D eigenvalue weighted by atomic mass is 16.5. The molecule has 0 spiro atoms. The quantitative estimate of drug-likeness (QED) is 0.536. The Morgan fingerprint density at radius 3 is 3.00 bits per heavy atom. The number of nitrogens with two attached hydrogens (primary N) is 2. The fourth-order valence-corrected chi connectivity index (χ4v) is 1.18. The van der Waals surface area contributed by atoms with E-state index in [-0.39, 0.29) is 0 Å². The Morgan fingerprint density at radius 2 is 2.36 bits per heavy atom. The van der Waals surface area contributed by atoms with Crippen LogP contribution in [0.25, 0.3) is 0 Å². The monoisotopic (exact) mass is 199 g/mol. The zero-order valence-electron chi connectivity index (χ0n) is 8.36. The van der Waals surface area contributed by atoms with Crippen LogP contribution in [0.4, 0.5) is 11.5 Å². The van der Waals surface area contributed by atoms with Crippen molar-refractivity contribution in [2.45, 2.75) is 6.54 Å². The minimum absolute atomic E-state index is 0.542. The van der Waals surface area contributed by atoms with Crippen LogP contribution in [-0.4, -0.2) is 36.6 Å². The Morgan fingerprint density at radius 1 is 1.57 bits per heavy atom. The second-order valence-corrected chi connectivity index (χ2v) is 2.82. The first-order chi connectivity index (χ1) is 6.79. The van der Waals surface area contributed by atoms with E-state index in [1.54, 1.807) is 10.9 Å². The fourth-order valence-electron chi connectivity index (χ4n) is 1.18. The van der Waals surface area contributed by atoms with Gasteiger partial charge in [0.1, 0.15) is 5.82 Å². The van der Waals surface area contributed by atoms with Gasteiger partial charge in [-0.05, 0) is 0 Å². The molecule has 6 heteroatoms. The molecule has 0 aliphatic rings. The molecule has 1 aromatic heterocycles. The summed E-state index contributed by atoms with van der Waals surface area (Å²) in [6.07, 6.45) is 1.62. The van der Waals surface area contributed by atoms with E-state index < -0.39 is 0 Å². The van der Waals surface area contributed by atoms with Crippen molar-refractivity contribution in [3.8, 4) is 0 Å². The van der Waals surface area contributed by atoms with Crippen LogP contribution in [0.3, 0.4) is 0 Å². The van der Waals surface area contributed by atoms with E-state index >= 15 is 0 Å². The van der Waals surface area contributed by atoms with Gasteiger partial charge in [-0.25, -0.2) is 4.68 Å². The molecule has 0 aromatic carbocycles. The summed E-state index contributed by atoms with van der Waals surface area (Å²) in [4.78, 5) is 0. The van der Waals surface area contributed by atoms with Gasteiger partial charge in [-0.2, -0.15) is 5.10 Å². The Bertz CT molecular complexity index is 273. The lowest BCUT2D eigenvalue weighted by Gasteiger charge is -2.07. The SMILES string of the molecule is CNc1c(N)cnn1CCOCCN. The molecule has 1 heterocycles. The summed E-state index contributed by atoms with van der Waals surface area (Å²) in [5.41, 5.74) is 11.6. The molecule has 0 saturated heterocycles. The Kier molecular flexibility index (Phi) is 4.21. The molecule has 0 fully saturated rings. The molecule has 6 nitrogen and oxygen atoms in total. The standard InChI is InChI=1S/C8H17N5O/c1-11-8-7(10)6-12-13(8)3-5-14-4-2-9/h6,11H,2-5,9-10H2,1H3. The highest BCUT2D eigenvalue weighted by Gasteiger charge is 2.04. The number of nitrogens with one attached hydrogen (secondary N) is 1. The molecular weight excluding hydrogens is 182 g/mol. The van der Waals surface area contributed by atoms with Gasteiger partial charge >= 0.3 is 0 Å². The molecule has 0 bridgehead atoms. The van der Waals surface area contributed by atoms with Crippen LogP contribution in [0.5, 0.6) is 0 Å². The maximum Gasteiger partial charge on any atom is 0.147 e. The summed E-state index contributed by atoms with van der Waals surface area (Å²) in [7, 11) is 1.81. The molecule has 1 aromatic rings. The summed E-state index contributed by atoms with van der Waals surface area (Å²) in [5.74, 6) is 0.821. The number of hydrogen-bond donors (Lipinski definition) is 3. The Hall–Kier alpha value is -1.27. The van der Waals surface area contributed by atoms with Crippen LogP contribution in [0.15, 0.2) is 6.20 Å². The molecule has 0 unspecified atom stereocenters. The first kappa shape index (κ1) is 10.8. The van der Waals surface area contributed by atoms with Gasteiger partial charge in [-0.3, -0.25) is 0 Å². The van der Waals surface area contributed by atoms with Gasteiger partial charge in [0.2, 0.25) is 0 Å². The zero-order valence-corrected chi connectivity index (χ0v) is 8.36. The van der Waals surface area contributed by atoms with E-state index in [0.717, 1.165) is 5.82 Å². The van der Waals surface area contributed by atoms with Crippen molar-refractivity contribution in [3.05, 3.63) is 6.20 Å². The van der Waals surface area contributed by atoms with Gasteiger partial charge in [-0.15, -0.1) is 0 Å². The summed E-state index contributed by atoms with van der Waals surface area (Å²) < 4.78 is 7.01. The number of anilines is 2. The van der Waals surface area contributed by atoms with Gasteiger partial charge in [0.05, 0.1) is 31.6 Å². The summed E-state index contributed by atoms with van der Waals surface area (Å²) in [6, 6.07) is 0. The van der Waals surface area contributed by atoms with Crippen molar-refractivity contribution >= 4 is 11.5 Å². The van der Waals surface area contributed by atoms with Crippen molar-refractivity contribution in [2.24, 2.45) is 5.73 Å². The van der Waals surface area contributed by atoms with E-state index in [1.807, 2.05) is 7.05 Å². The maximum absolute atomic E-state index is 5.68. The first-order valence-corrected chi connectivity index (χ1v) is 4.56. The van der Waals surface area contributed by atoms with Crippen molar-refractivity contribution < 1.29 is 4.74 Å². The third-order valence-corrected chi connectivity index (χ3v) is 1.81. The third-order valence-electron chi connectivity index (χ3n) is 1.81. The average molecular weight is 199 g/mol. The first-order valence-electron chi connectivity index (χ1n) is 4.56. The minimum Gasteiger partial charge on any atom is -0.394 e. The van der Waals surface area contributed by atoms with E-state index in [9.17, 15) is 0 Å². The summed E-state index contributed by atoms with van der Waals surface area (Å²) in [6.45, 7) is 2.38. The van der Waals surface area contributed by atoms with Crippen LogP contribution in [0.1, 0.15) is 0 Å². The Balaban J connectivity index is 2.42. The third kappa shape index (κ3) is 2.61. The van der Waals surface area contributed by atoms with E-state index in [1.165, 1.54) is 0 Å². The molecule has 0 radical (unpaired) electrons. The van der Waals surface area contributed by atoms with Crippen LogP contribution < -0.4 is 16.8 Å². The maximum atomic E-state index is 5.68. The number of aromatic nitrogens is 2. The highest BCUT2D eigenvalue weighted by molar-refractivity contribution is 5.60. The number of nitrogen functional groups attached to an aromatic ring is 1. The molecule has 5 N–H and O–H groups in total. The molecular formula is C8H17N5O.